The van der Waals surface area contributed by atoms with E-state index in [9.17, 15) is 0 Å². The van der Waals surface area contributed by atoms with Crippen LogP contribution in [0.2, 0.25) is 5.02 Å². The molecule has 0 radical (unpaired) electrons. The van der Waals surface area contributed by atoms with E-state index in [1.807, 2.05) is 23.9 Å². The third-order valence-electron chi connectivity index (χ3n) is 7.39. The standard InChI is InChI=1S/C28H34ClN3S2/c29-24-9-4-5-10-25(24)34-23-13-16-28(31-19-23,22-15-18-33-20-22)26-11-6-12-27(32-26)30-17-14-21-7-2-1-3-8-21/h4-6,9-12,15,18,20-21,23,31H,1-3,7-8,13-14,16-17,19H2,(H,30,32). The molecule has 3 nitrogen and oxygen atoms in total. The quantitative estimate of drug-likeness (QED) is 0.321. The molecule has 2 fully saturated rings. The van der Waals surface area contributed by atoms with E-state index in [0.29, 0.717) is 5.25 Å². The van der Waals surface area contributed by atoms with Crippen LogP contribution in [0.15, 0.2) is 64.2 Å². The van der Waals surface area contributed by atoms with Crippen LogP contribution < -0.4 is 10.6 Å². The molecule has 3 aromatic rings. The van der Waals surface area contributed by atoms with Gasteiger partial charge in [-0.05, 0) is 71.8 Å². The van der Waals surface area contributed by atoms with Gasteiger partial charge in [0, 0.05) is 23.2 Å². The molecule has 0 bridgehead atoms. The van der Waals surface area contributed by atoms with E-state index < -0.39 is 0 Å². The van der Waals surface area contributed by atoms with Crippen molar-refractivity contribution >= 4 is 40.5 Å². The first-order valence-electron chi connectivity index (χ1n) is 12.6. The number of hydrogen-bond donors (Lipinski definition) is 2. The van der Waals surface area contributed by atoms with Crippen molar-refractivity contribution in [2.75, 3.05) is 18.4 Å². The third-order valence-corrected chi connectivity index (χ3v) is 9.86. The van der Waals surface area contributed by atoms with Gasteiger partial charge in [0.15, 0.2) is 0 Å². The summed E-state index contributed by atoms with van der Waals surface area (Å²) in [4.78, 5) is 6.30. The highest BCUT2D eigenvalue weighted by Crippen LogP contribution is 2.42. The van der Waals surface area contributed by atoms with Gasteiger partial charge in [0.2, 0.25) is 0 Å². The van der Waals surface area contributed by atoms with Gasteiger partial charge in [-0.25, -0.2) is 4.98 Å². The van der Waals surface area contributed by atoms with Gasteiger partial charge in [-0.1, -0.05) is 61.9 Å². The monoisotopic (exact) mass is 511 g/mol. The van der Waals surface area contributed by atoms with Crippen molar-refractivity contribution in [3.8, 4) is 0 Å². The number of hydrogen-bond acceptors (Lipinski definition) is 5. The van der Waals surface area contributed by atoms with Gasteiger partial charge in [0.05, 0.1) is 16.3 Å². The molecule has 2 aromatic heterocycles. The highest BCUT2D eigenvalue weighted by molar-refractivity contribution is 8.00. The van der Waals surface area contributed by atoms with Crippen LogP contribution in [0.25, 0.3) is 0 Å². The van der Waals surface area contributed by atoms with Crippen molar-refractivity contribution < 1.29 is 0 Å². The molecule has 1 saturated heterocycles. The SMILES string of the molecule is Clc1ccccc1SC1CCC(c2ccsc2)(c2cccc(NCCC3CCCCC3)n2)NC1. The molecule has 1 aliphatic carbocycles. The van der Waals surface area contributed by atoms with E-state index in [2.05, 4.69) is 57.8 Å². The van der Waals surface area contributed by atoms with E-state index in [1.54, 1.807) is 11.3 Å². The molecule has 180 valence electrons. The molecule has 2 unspecified atom stereocenters. The van der Waals surface area contributed by atoms with Crippen LogP contribution in [0, 0.1) is 5.92 Å². The van der Waals surface area contributed by atoms with Gasteiger partial charge < -0.3 is 10.6 Å². The van der Waals surface area contributed by atoms with Gasteiger partial charge in [-0.3, -0.25) is 0 Å². The minimum atomic E-state index is -0.237. The maximum absolute atomic E-state index is 6.43. The summed E-state index contributed by atoms with van der Waals surface area (Å²) in [6.07, 6.45) is 10.4. The Balaban J connectivity index is 1.28. The number of thioether (sulfide) groups is 1. The molecule has 2 atom stereocenters. The van der Waals surface area contributed by atoms with E-state index in [-0.39, 0.29) is 5.54 Å². The number of rotatable bonds is 8. The zero-order chi connectivity index (χ0) is 23.2. The van der Waals surface area contributed by atoms with Crippen LogP contribution in [0.1, 0.15) is 62.6 Å². The Labute approximate surface area is 217 Å². The van der Waals surface area contributed by atoms with Gasteiger partial charge in [0.25, 0.3) is 0 Å². The van der Waals surface area contributed by atoms with E-state index >= 15 is 0 Å². The number of thiophene rings is 1. The highest BCUT2D eigenvalue weighted by Gasteiger charge is 2.40. The summed E-state index contributed by atoms with van der Waals surface area (Å²) in [7, 11) is 0. The molecule has 1 saturated carbocycles. The van der Waals surface area contributed by atoms with Crippen LogP contribution in [0.5, 0.6) is 0 Å². The van der Waals surface area contributed by atoms with E-state index in [4.69, 9.17) is 16.6 Å². The summed E-state index contributed by atoms with van der Waals surface area (Å²) in [5.74, 6) is 1.88. The fourth-order valence-corrected chi connectivity index (χ4v) is 7.55. The number of aromatic nitrogens is 1. The second kappa shape index (κ2) is 11.5. The van der Waals surface area contributed by atoms with Crippen LogP contribution in [-0.4, -0.2) is 23.3 Å². The molecule has 0 amide bonds. The maximum Gasteiger partial charge on any atom is 0.126 e. The predicted octanol–water partition coefficient (Wildman–Crippen LogP) is 7.97. The van der Waals surface area contributed by atoms with Gasteiger partial charge in [0.1, 0.15) is 5.82 Å². The lowest BCUT2D eigenvalue weighted by molar-refractivity contribution is 0.309. The van der Waals surface area contributed by atoms with E-state index in [0.717, 1.165) is 48.4 Å². The van der Waals surface area contributed by atoms with Crippen molar-refractivity contribution in [3.05, 3.63) is 75.6 Å². The Morgan fingerprint density at radius 2 is 1.94 bits per heavy atom. The lowest BCUT2D eigenvalue weighted by Gasteiger charge is -2.41. The van der Waals surface area contributed by atoms with Gasteiger partial charge in [-0.15, -0.1) is 11.8 Å². The van der Waals surface area contributed by atoms with Crippen LogP contribution in [0.4, 0.5) is 5.82 Å². The van der Waals surface area contributed by atoms with Crippen molar-refractivity contribution in [1.29, 1.82) is 0 Å². The number of benzene rings is 1. The van der Waals surface area contributed by atoms with Crippen molar-refractivity contribution in [3.63, 3.8) is 0 Å². The van der Waals surface area contributed by atoms with Gasteiger partial charge >= 0.3 is 0 Å². The van der Waals surface area contributed by atoms with Crippen molar-refractivity contribution in [1.82, 2.24) is 10.3 Å². The molecule has 1 aromatic carbocycles. The zero-order valence-corrected chi connectivity index (χ0v) is 22.0. The fourth-order valence-electron chi connectivity index (χ4n) is 5.45. The maximum atomic E-state index is 6.43. The molecule has 5 rings (SSSR count). The Hall–Kier alpha value is -1.53. The number of nitrogens with zero attached hydrogens (tertiary/aromatic N) is 1. The van der Waals surface area contributed by atoms with Crippen LogP contribution in [0.3, 0.4) is 0 Å². The third kappa shape index (κ3) is 5.64. The lowest BCUT2D eigenvalue weighted by atomic mass is 9.80. The average molecular weight is 512 g/mol. The number of pyridine rings is 1. The minimum Gasteiger partial charge on any atom is -0.370 e. The first-order chi connectivity index (χ1) is 16.7. The second-order valence-electron chi connectivity index (χ2n) is 9.63. The Morgan fingerprint density at radius 3 is 2.71 bits per heavy atom. The molecule has 1 aliphatic heterocycles. The topological polar surface area (TPSA) is 37.0 Å². The summed E-state index contributed by atoms with van der Waals surface area (Å²) in [5, 5.41) is 13.3. The Morgan fingerprint density at radius 1 is 1.06 bits per heavy atom. The molecule has 6 heteroatoms. The minimum absolute atomic E-state index is 0.237. The van der Waals surface area contributed by atoms with Crippen molar-refractivity contribution in [2.24, 2.45) is 5.92 Å². The van der Waals surface area contributed by atoms with E-state index in [1.165, 1.54) is 49.0 Å². The smallest absolute Gasteiger partial charge is 0.126 e. The zero-order valence-electron chi connectivity index (χ0n) is 19.6. The summed E-state index contributed by atoms with van der Waals surface area (Å²) in [6.45, 7) is 1.93. The molecule has 34 heavy (non-hydrogen) atoms. The second-order valence-corrected chi connectivity index (χ2v) is 12.2. The molecule has 3 heterocycles. The number of piperidine rings is 1. The van der Waals surface area contributed by atoms with Gasteiger partial charge in [-0.2, -0.15) is 11.3 Å². The summed E-state index contributed by atoms with van der Waals surface area (Å²) in [6, 6.07) is 16.9. The first-order valence-corrected chi connectivity index (χ1v) is 14.8. The summed E-state index contributed by atoms with van der Waals surface area (Å²) >= 11 is 10.1. The Kier molecular flexibility index (Phi) is 8.16. The summed E-state index contributed by atoms with van der Waals surface area (Å²) < 4.78 is 0. The molecule has 0 spiro atoms. The summed E-state index contributed by atoms with van der Waals surface area (Å²) in [5.41, 5.74) is 2.21. The first kappa shape index (κ1) is 24.2. The number of anilines is 1. The normalized spacial score (nSPS) is 23.6. The molecular formula is C28H34ClN3S2. The van der Waals surface area contributed by atoms with Crippen LogP contribution in [-0.2, 0) is 5.54 Å². The van der Waals surface area contributed by atoms with Crippen LogP contribution >= 0.6 is 34.7 Å². The Bertz CT molecular complexity index is 1040. The molecule has 2 N–H and O–H groups in total. The molecular weight excluding hydrogens is 478 g/mol. The van der Waals surface area contributed by atoms with Crippen molar-refractivity contribution in [2.45, 2.75) is 67.1 Å². The molecule has 2 aliphatic rings. The number of nitrogens with one attached hydrogen (secondary N) is 2. The number of halogens is 1. The largest absolute Gasteiger partial charge is 0.370 e. The highest BCUT2D eigenvalue weighted by atomic mass is 35.5. The average Bonchev–Trinajstić information content (AvgIpc) is 3.43. The fraction of sp³-hybridized carbons (Fsp3) is 0.464. The lowest BCUT2D eigenvalue weighted by Crippen LogP contribution is -2.50. The predicted molar refractivity (Wildman–Crippen MR) is 147 cm³/mol.